The molecule has 4 heterocycles. The molecule has 5 amide bonds. The number of imide groups is 1. The van der Waals surface area contributed by atoms with E-state index in [1.54, 1.807) is 6.07 Å². The smallest absolute Gasteiger partial charge is 0.255 e. The van der Waals surface area contributed by atoms with Crippen LogP contribution in [0.2, 0.25) is 0 Å². The first-order valence-corrected chi connectivity index (χ1v) is 22.6. The van der Waals surface area contributed by atoms with Crippen LogP contribution in [0.25, 0.3) is 21.9 Å². The minimum Gasteiger partial charge on any atom is -0.374 e. The van der Waals surface area contributed by atoms with Gasteiger partial charge in [-0.25, -0.2) is 4.39 Å². The van der Waals surface area contributed by atoms with E-state index in [1.165, 1.54) is 27.3 Å². The van der Waals surface area contributed by atoms with Gasteiger partial charge in [0.15, 0.2) is 0 Å². The fourth-order valence-electron chi connectivity index (χ4n) is 10.1. The molecule has 1 N–H and O–H groups in total. The fraction of sp³-hybridized carbons (Fsp3) is 0.460. The van der Waals surface area contributed by atoms with Crippen molar-refractivity contribution in [3.8, 4) is 11.1 Å². The Bertz CT molecular complexity index is 2320. The molecule has 11 nitrogen and oxygen atoms in total. The molecule has 4 aromatic rings. The number of nitrogens with zero attached hydrogens (tertiary/aromatic N) is 5. The zero-order chi connectivity index (χ0) is 43.3. The summed E-state index contributed by atoms with van der Waals surface area (Å²) in [6.45, 7) is 7.55. The highest BCUT2D eigenvalue weighted by Crippen LogP contribution is 2.38. The van der Waals surface area contributed by atoms with Crippen LogP contribution in [-0.2, 0) is 32.3 Å². The van der Waals surface area contributed by atoms with E-state index in [1.807, 2.05) is 16.7 Å². The first kappa shape index (κ1) is 43.0. The predicted molar refractivity (Wildman–Crippen MR) is 239 cm³/mol. The summed E-state index contributed by atoms with van der Waals surface area (Å²) < 4.78 is 14.9. The Morgan fingerprint density at radius 2 is 1.65 bits per heavy atom. The maximum atomic E-state index is 14.9. The molecule has 0 radical (unpaired) electrons. The lowest BCUT2D eigenvalue weighted by Gasteiger charge is -2.44. The number of halogens is 1. The molecule has 4 aliphatic rings. The number of rotatable bonds is 17. The Hall–Kier alpha value is -5.62. The third-order valence-corrected chi connectivity index (χ3v) is 13.7. The van der Waals surface area contributed by atoms with Gasteiger partial charge in [0.05, 0.1) is 6.04 Å². The molecule has 1 atom stereocenters. The minimum atomic E-state index is -0.715. The van der Waals surface area contributed by atoms with Crippen LogP contribution >= 0.6 is 0 Å². The number of unbranched alkanes of at least 4 members (excludes halogenated alkanes) is 4. The number of carbonyl (C=O) groups is 5. The molecule has 326 valence electrons. The Morgan fingerprint density at radius 3 is 2.42 bits per heavy atom. The summed E-state index contributed by atoms with van der Waals surface area (Å²) in [7, 11) is 2.15. The number of carbonyl (C=O) groups excluding carboxylic acids is 5. The van der Waals surface area contributed by atoms with Gasteiger partial charge in [0.2, 0.25) is 24.1 Å². The average molecular weight is 843 g/mol. The molecule has 8 rings (SSSR count). The first-order valence-electron chi connectivity index (χ1n) is 22.6. The van der Waals surface area contributed by atoms with E-state index in [0.29, 0.717) is 31.6 Å². The van der Waals surface area contributed by atoms with Gasteiger partial charge in [0, 0.05) is 63.9 Å². The summed E-state index contributed by atoms with van der Waals surface area (Å²) in [6.07, 6.45) is 9.24. The lowest BCUT2D eigenvalue weighted by Crippen LogP contribution is -2.60. The van der Waals surface area contributed by atoms with E-state index in [-0.39, 0.29) is 49.1 Å². The molecule has 4 aliphatic heterocycles. The van der Waals surface area contributed by atoms with Gasteiger partial charge in [0.25, 0.3) is 5.91 Å². The van der Waals surface area contributed by atoms with Crippen molar-refractivity contribution < 1.29 is 28.4 Å². The van der Waals surface area contributed by atoms with Crippen molar-refractivity contribution in [2.75, 3.05) is 51.2 Å². The summed E-state index contributed by atoms with van der Waals surface area (Å²) >= 11 is 0. The highest BCUT2D eigenvalue weighted by atomic mass is 19.1. The predicted octanol–water partition coefficient (Wildman–Crippen LogP) is 7.25. The molecule has 0 bridgehead atoms. The maximum absolute atomic E-state index is 14.9. The van der Waals surface area contributed by atoms with Crippen molar-refractivity contribution in [2.24, 2.45) is 0 Å². The van der Waals surface area contributed by atoms with Crippen molar-refractivity contribution in [2.45, 2.75) is 102 Å². The Labute approximate surface area is 364 Å². The van der Waals surface area contributed by atoms with Crippen LogP contribution in [-0.4, -0.2) is 108 Å². The van der Waals surface area contributed by atoms with Crippen LogP contribution in [0.1, 0.15) is 104 Å². The van der Waals surface area contributed by atoms with Gasteiger partial charge in [-0.05, 0) is 114 Å². The summed E-state index contributed by atoms with van der Waals surface area (Å²) in [4.78, 5) is 72.2. The number of benzene rings is 4. The van der Waals surface area contributed by atoms with Crippen molar-refractivity contribution in [1.82, 2.24) is 24.9 Å². The van der Waals surface area contributed by atoms with Crippen LogP contribution in [0, 0.1) is 5.82 Å². The van der Waals surface area contributed by atoms with Crippen LogP contribution in [0.5, 0.6) is 0 Å². The Kier molecular flexibility index (Phi) is 13.3. The molecule has 3 saturated heterocycles. The maximum Gasteiger partial charge on any atom is 0.255 e. The number of amides is 5. The third-order valence-electron chi connectivity index (χ3n) is 13.7. The number of piperidine rings is 2. The second-order valence-electron chi connectivity index (χ2n) is 17.7. The molecule has 0 saturated carbocycles. The van der Waals surface area contributed by atoms with Crippen LogP contribution < -0.4 is 10.2 Å². The molecule has 1 unspecified atom stereocenters. The van der Waals surface area contributed by atoms with Gasteiger partial charge in [-0.3, -0.25) is 29.3 Å². The van der Waals surface area contributed by atoms with E-state index in [9.17, 15) is 28.4 Å². The number of anilines is 1. The SMILES string of the molecule is CCC(=O)N1CC(N(C=O)Cc2ccc(-c3cccc4ccccc34)cc2N(C)CCCCCCCN2CCC(c3cc(F)cc4c3CN(C3CCC(=O)NC3=O)C4=O)CC2)C1. The third kappa shape index (κ3) is 9.26. The van der Waals surface area contributed by atoms with E-state index < -0.39 is 17.8 Å². The number of likely N-dealkylation sites (tertiary alicyclic amines) is 2. The van der Waals surface area contributed by atoms with E-state index >= 15 is 0 Å². The zero-order valence-corrected chi connectivity index (χ0v) is 36.1. The van der Waals surface area contributed by atoms with E-state index in [4.69, 9.17) is 0 Å². The average Bonchev–Trinajstić information content (AvgIpc) is 3.59. The van der Waals surface area contributed by atoms with Gasteiger partial charge in [-0.15, -0.1) is 0 Å². The normalized spacial score (nSPS) is 18.5. The lowest BCUT2D eigenvalue weighted by molar-refractivity contribution is -0.142. The van der Waals surface area contributed by atoms with E-state index in [0.717, 1.165) is 105 Å². The highest BCUT2D eigenvalue weighted by Gasteiger charge is 2.41. The van der Waals surface area contributed by atoms with Crippen LogP contribution in [0.15, 0.2) is 72.8 Å². The Morgan fingerprint density at radius 1 is 0.887 bits per heavy atom. The second-order valence-corrected chi connectivity index (χ2v) is 17.7. The number of nitrogens with one attached hydrogen (secondary N) is 1. The largest absolute Gasteiger partial charge is 0.374 e. The summed E-state index contributed by atoms with van der Waals surface area (Å²) in [6, 6.07) is 23.7. The lowest BCUT2D eigenvalue weighted by atomic mass is 9.85. The van der Waals surface area contributed by atoms with Gasteiger partial charge in [-0.2, -0.15) is 0 Å². The van der Waals surface area contributed by atoms with Gasteiger partial charge in [-0.1, -0.05) is 80.8 Å². The minimum absolute atomic E-state index is 0.0197. The van der Waals surface area contributed by atoms with Gasteiger partial charge < -0.3 is 24.5 Å². The van der Waals surface area contributed by atoms with Crippen molar-refractivity contribution in [3.63, 3.8) is 0 Å². The number of fused-ring (bicyclic) bond motifs is 2. The molecule has 4 aromatic carbocycles. The molecule has 12 heteroatoms. The molecule has 0 spiro atoms. The summed E-state index contributed by atoms with van der Waals surface area (Å²) in [5.74, 6) is -1.26. The Balaban J connectivity index is 0.821. The fourth-order valence-corrected chi connectivity index (χ4v) is 10.1. The quantitative estimate of drug-likeness (QED) is 0.0677. The molecule has 3 fully saturated rings. The second kappa shape index (κ2) is 19.2. The molecule has 0 aromatic heterocycles. The molecule has 62 heavy (non-hydrogen) atoms. The van der Waals surface area contributed by atoms with Crippen molar-refractivity contribution in [1.29, 1.82) is 0 Å². The zero-order valence-electron chi connectivity index (χ0n) is 36.1. The van der Waals surface area contributed by atoms with Crippen molar-refractivity contribution >= 4 is 46.5 Å². The molecular weight excluding hydrogens is 784 g/mol. The monoisotopic (exact) mass is 842 g/mol. The number of hydrogen-bond acceptors (Lipinski definition) is 7. The van der Waals surface area contributed by atoms with Gasteiger partial charge in [0.1, 0.15) is 11.9 Å². The van der Waals surface area contributed by atoms with Crippen LogP contribution in [0.3, 0.4) is 0 Å². The van der Waals surface area contributed by atoms with Crippen LogP contribution in [0.4, 0.5) is 10.1 Å². The highest BCUT2D eigenvalue weighted by molar-refractivity contribution is 6.05. The summed E-state index contributed by atoms with van der Waals surface area (Å²) in [5, 5.41) is 4.75. The standard InChI is InChI=1S/C50H59FN6O5/c1-3-48(60)55-30-39(31-55)56(33-58)29-37-17-16-36(41-15-11-13-34-12-7-8-14-40(34)41)26-46(37)53(2)22-9-5-4-6-10-23-54-24-20-35(21-25-54)42-27-38(51)28-43-44(42)32-57(50(43)62)45-18-19-47(59)52-49(45)61/h7-8,11-17,26-28,33,35,39,45H,3-6,9-10,18-25,29-32H2,1-2H3,(H,52,59,61). The molecule has 0 aliphatic carbocycles. The molecular formula is C50H59FN6O5. The summed E-state index contributed by atoms with van der Waals surface area (Å²) in [5.41, 5.74) is 6.60. The topological polar surface area (TPSA) is 114 Å². The van der Waals surface area contributed by atoms with Gasteiger partial charge >= 0.3 is 0 Å². The first-order chi connectivity index (χ1) is 30.1. The van der Waals surface area contributed by atoms with E-state index in [2.05, 4.69) is 82.8 Å². The van der Waals surface area contributed by atoms with Crippen molar-refractivity contribution in [3.05, 3.63) is 101 Å². The number of hydrogen-bond donors (Lipinski definition) is 1.